The fraction of sp³-hybridized carbons (Fsp3) is 0.200. The number of nitrogens with zero attached hydrogens (tertiary/aromatic N) is 2. The minimum atomic E-state index is -0.724. The smallest absolute Gasteiger partial charge is 0.384 e. The molecular formula is C10H9N3O4. The summed E-state index contributed by atoms with van der Waals surface area (Å²) < 4.78 is 4.57. The molecule has 0 atom stereocenters. The van der Waals surface area contributed by atoms with Crippen molar-refractivity contribution in [1.29, 1.82) is 0 Å². The summed E-state index contributed by atoms with van der Waals surface area (Å²) >= 11 is 0. The van der Waals surface area contributed by atoms with Crippen LogP contribution in [0.5, 0.6) is 0 Å². The van der Waals surface area contributed by atoms with Crippen LogP contribution in [0.3, 0.4) is 0 Å². The van der Waals surface area contributed by atoms with Crippen LogP contribution in [0.25, 0.3) is 0 Å². The van der Waals surface area contributed by atoms with E-state index >= 15 is 0 Å². The first-order valence-electron chi connectivity index (χ1n) is 4.63. The van der Waals surface area contributed by atoms with Crippen LogP contribution in [0, 0.1) is 22.0 Å². The average molecular weight is 235 g/mol. The molecule has 1 heterocycles. The maximum atomic E-state index is 11.0. The van der Waals surface area contributed by atoms with Crippen LogP contribution in [-0.4, -0.2) is 22.5 Å². The van der Waals surface area contributed by atoms with Gasteiger partial charge in [0.2, 0.25) is 0 Å². The molecule has 0 saturated heterocycles. The summed E-state index contributed by atoms with van der Waals surface area (Å²) in [5.41, 5.74) is 5.34. The molecule has 0 aliphatic rings. The molecule has 0 unspecified atom stereocenters. The van der Waals surface area contributed by atoms with Crippen molar-refractivity contribution < 1.29 is 14.5 Å². The minimum absolute atomic E-state index is 0.0207. The largest absolute Gasteiger partial charge is 0.456 e. The molecule has 0 aromatic carbocycles. The molecule has 1 aromatic rings. The molecule has 1 aromatic heterocycles. The third-order valence-corrected chi connectivity index (χ3v) is 1.69. The Bertz CT molecular complexity index is 516. The lowest BCUT2D eigenvalue weighted by Gasteiger charge is -1.96. The third-order valence-electron chi connectivity index (χ3n) is 1.69. The van der Waals surface area contributed by atoms with Gasteiger partial charge in [0.25, 0.3) is 5.69 Å². The number of carbonyl (C=O) groups is 1. The molecule has 7 nitrogen and oxygen atoms in total. The van der Waals surface area contributed by atoms with E-state index in [1.807, 2.05) is 0 Å². The van der Waals surface area contributed by atoms with E-state index in [4.69, 9.17) is 5.73 Å². The number of pyridine rings is 1. The molecule has 88 valence electrons. The van der Waals surface area contributed by atoms with Crippen molar-refractivity contribution in [3.05, 3.63) is 27.9 Å². The third kappa shape index (κ3) is 3.46. The lowest BCUT2D eigenvalue weighted by molar-refractivity contribution is -0.385. The summed E-state index contributed by atoms with van der Waals surface area (Å²) in [5.74, 6) is 3.83. The number of rotatable bonds is 2. The second-order valence-electron chi connectivity index (χ2n) is 2.85. The van der Waals surface area contributed by atoms with E-state index in [2.05, 4.69) is 21.6 Å². The zero-order valence-electron chi connectivity index (χ0n) is 8.97. The van der Waals surface area contributed by atoms with Gasteiger partial charge in [0.15, 0.2) is 0 Å². The van der Waals surface area contributed by atoms with Gasteiger partial charge in [0.05, 0.1) is 17.1 Å². The Kier molecular flexibility index (Phi) is 4.00. The highest BCUT2D eigenvalue weighted by Crippen LogP contribution is 2.15. The van der Waals surface area contributed by atoms with Crippen molar-refractivity contribution in [2.24, 2.45) is 0 Å². The Hall–Kier alpha value is -2.62. The van der Waals surface area contributed by atoms with Gasteiger partial charge < -0.3 is 10.5 Å². The van der Waals surface area contributed by atoms with Crippen molar-refractivity contribution in [1.82, 2.24) is 4.98 Å². The lowest BCUT2D eigenvalue weighted by atomic mass is 10.2. The van der Waals surface area contributed by atoms with Crippen LogP contribution in [0.1, 0.15) is 12.5 Å². The predicted molar refractivity (Wildman–Crippen MR) is 58.8 cm³/mol. The quantitative estimate of drug-likeness (QED) is 0.346. The Morgan fingerprint density at radius 1 is 1.71 bits per heavy atom. The van der Waals surface area contributed by atoms with Gasteiger partial charge in [-0.2, -0.15) is 0 Å². The first-order chi connectivity index (χ1) is 8.04. The molecule has 0 aliphatic carbocycles. The second kappa shape index (κ2) is 5.46. The van der Waals surface area contributed by atoms with Gasteiger partial charge in [0.1, 0.15) is 12.0 Å². The molecule has 0 radical (unpaired) electrons. The number of hydrogen-bond acceptors (Lipinski definition) is 6. The Labute approximate surface area is 96.7 Å². The molecular weight excluding hydrogens is 226 g/mol. The van der Waals surface area contributed by atoms with Gasteiger partial charge in [0, 0.05) is 12.0 Å². The molecule has 0 bridgehead atoms. The second-order valence-corrected chi connectivity index (χ2v) is 2.85. The van der Waals surface area contributed by atoms with E-state index in [1.54, 1.807) is 6.92 Å². The first kappa shape index (κ1) is 12.4. The van der Waals surface area contributed by atoms with Gasteiger partial charge in [-0.25, -0.2) is 9.78 Å². The number of aromatic nitrogens is 1. The van der Waals surface area contributed by atoms with E-state index in [0.717, 1.165) is 12.3 Å². The number of anilines is 1. The lowest BCUT2D eigenvalue weighted by Crippen LogP contribution is -2.01. The number of esters is 1. The summed E-state index contributed by atoms with van der Waals surface area (Å²) in [6, 6.07) is 1.15. The van der Waals surface area contributed by atoms with E-state index in [9.17, 15) is 14.9 Å². The zero-order chi connectivity index (χ0) is 12.8. The monoisotopic (exact) mass is 235 g/mol. The topological polar surface area (TPSA) is 108 Å². The fourth-order valence-electron chi connectivity index (χ4n) is 0.950. The minimum Gasteiger partial charge on any atom is -0.456 e. The summed E-state index contributed by atoms with van der Waals surface area (Å²) in [6.07, 6.45) is 1.02. The normalized spacial score (nSPS) is 9.00. The summed E-state index contributed by atoms with van der Waals surface area (Å²) in [4.78, 5) is 24.4. The summed E-state index contributed by atoms with van der Waals surface area (Å²) in [5, 5.41) is 10.5. The summed E-state index contributed by atoms with van der Waals surface area (Å²) in [6.45, 7) is 1.85. The van der Waals surface area contributed by atoms with E-state index in [1.165, 1.54) is 0 Å². The molecule has 1 rings (SSSR count). The highest BCUT2D eigenvalue weighted by molar-refractivity contribution is 5.89. The maximum Gasteiger partial charge on any atom is 0.384 e. The van der Waals surface area contributed by atoms with Crippen LogP contribution in [0.15, 0.2) is 12.3 Å². The van der Waals surface area contributed by atoms with Crippen molar-refractivity contribution in [2.45, 2.75) is 6.92 Å². The number of nitro groups is 1. The van der Waals surface area contributed by atoms with Crippen molar-refractivity contribution >= 4 is 17.5 Å². The van der Waals surface area contributed by atoms with Crippen LogP contribution in [0.2, 0.25) is 0 Å². The number of nitrogen functional groups attached to an aromatic ring is 1. The zero-order valence-corrected chi connectivity index (χ0v) is 8.97. The van der Waals surface area contributed by atoms with E-state index in [-0.39, 0.29) is 23.7 Å². The van der Waals surface area contributed by atoms with Gasteiger partial charge >= 0.3 is 5.97 Å². The standard InChI is InChI=1S/C10H9N3O4/c1-2-17-9(14)4-3-7-5-8(13(15)16)6-12-10(7)11/h5-6H,2H2,1H3,(H2,11,12). The molecule has 7 heteroatoms. The van der Waals surface area contributed by atoms with Crippen molar-refractivity contribution in [3.8, 4) is 11.8 Å². The fourth-order valence-corrected chi connectivity index (χ4v) is 0.950. The van der Waals surface area contributed by atoms with Crippen LogP contribution in [0.4, 0.5) is 11.5 Å². The molecule has 0 saturated carbocycles. The number of ether oxygens (including phenoxy) is 1. The molecule has 0 aliphatic heterocycles. The maximum absolute atomic E-state index is 11.0. The van der Waals surface area contributed by atoms with E-state index in [0.29, 0.717) is 0 Å². The van der Waals surface area contributed by atoms with Crippen molar-refractivity contribution in [2.75, 3.05) is 12.3 Å². The van der Waals surface area contributed by atoms with Gasteiger partial charge in [-0.3, -0.25) is 10.1 Å². The highest BCUT2D eigenvalue weighted by atomic mass is 16.6. The van der Waals surface area contributed by atoms with Crippen LogP contribution >= 0.6 is 0 Å². The van der Waals surface area contributed by atoms with Gasteiger partial charge in [-0.1, -0.05) is 5.92 Å². The number of nitrogens with two attached hydrogens (primary N) is 1. The summed E-state index contributed by atoms with van der Waals surface area (Å²) in [7, 11) is 0. The number of hydrogen-bond donors (Lipinski definition) is 1. The average Bonchev–Trinajstić information content (AvgIpc) is 2.28. The molecule has 2 N–H and O–H groups in total. The van der Waals surface area contributed by atoms with E-state index < -0.39 is 10.9 Å². The molecule has 0 fully saturated rings. The van der Waals surface area contributed by atoms with Crippen molar-refractivity contribution in [3.63, 3.8) is 0 Å². The predicted octanol–water partition coefficient (Wildman–Crippen LogP) is 0.487. The first-order valence-corrected chi connectivity index (χ1v) is 4.63. The Morgan fingerprint density at radius 3 is 3.00 bits per heavy atom. The van der Waals surface area contributed by atoms with Gasteiger partial charge in [-0.15, -0.1) is 0 Å². The number of carbonyl (C=O) groups excluding carboxylic acids is 1. The molecule has 0 spiro atoms. The highest BCUT2D eigenvalue weighted by Gasteiger charge is 2.09. The Morgan fingerprint density at radius 2 is 2.41 bits per heavy atom. The SMILES string of the molecule is CCOC(=O)C#Cc1cc([N+](=O)[O-])cnc1N. The van der Waals surface area contributed by atoms with Gasteiger partial charge in [-0.05, 0) is 6.92 Å². The molecule has 0 amide bonds. The van der Waals surface area contributed by atoms with Crippen LogP contribution in [-0.2, 0) is 9.53 Å². The van der Waals surface area contributed by atoms with Crippen LogP contribution < -0.4 is 5.73 Å². The Balaban J connectivity index is 3.01. The molecule has 17 heavy (non-hydrogen) atoms.